The minimum atomic E-state index is -0.161. The lowest BCUT2D eigenvalue weighted by Gasteiger charge is -2.03. The second-order valence-electron chi connectivity index (χ2n) is 2.70. The Morgan fingerprint density at radius 1 is 1.25 bits per heavy atom. The second kappa shape index (κ2) is 2.90. The molecule has 2 nitrogen and oxygen atoms in total. The molecule has 0 fully saturated rings. The van der Waals surface area contributed by atoms with E-state index in [1.54, 1.807) is 0 Å². The van der Waals surface area contributed by atoms with Gasteiger partial charge < -0.3 is 9.31 Å². The average molecular weight is 198 g/mol. The number of fused-ring (bicyclic) bond motifs is 1. The van der Waals surface area contributed by atoms with Crippen LogP contribution in [0.3, 0.4) is 0 Å². The van der Waals surface area contributed by atoms with Gasteiger partial charge in [0.15, 0.2) is 5.75 Å². The van der Waals surface area contributed by atoms with Gasteiger partial charge in [0.25, 0.3) is 0 Å². The molecule has 2 unspecified atom stereocenters. The first-order chi connectivity index (χ1) is 5.68. The molecule has 1 aliphatic heterocycles. The fourth-order valence-corrected chi connectivity index (χ4v) is 1.71. The molecule has 0 radical (unpaired) electrons. The molecule has 0 N–H and O–H groups in total. The molecule has 0 aliphatic carbocycles. The van der Waals surface area contributed by atoms with E-state index in [0.717, 1.165) is 22.1 Å². The zero-order chi connectivity index (χ0) is 8.72. The van der Waals surface area contributed by atoms with Crippen LogP contribution in [0.2, 0.25) is 6.82 Å². The zero-order valence-corrected chi connectivity index (χ0v) is 9.01. The van der Waals surface area contributed by atoms with E-state index in [1.807, 2.05) is 19.0 Å². The zero-order valence-electron chi connectivity index (χ0n) is 6.70. The fraction of sp³-hybridized carbons (Fsp3) is 0.143. The molecule has 1 aliphatic rings. The molecule has 0 amide bonds. The molecular weight excluding hydrogens is 189 g/mol. The fourth-order valence-electron chi connectivity index (χ4n) is 1.18. The van der Waals surface area contributed by atoms with Crippen molar-refractivity contribution >= 4 is 36.2 Å². The van der Waals surface area contributed by atoms with Crippen LogP contribution < -0.4 is 19.9 Å². The molecule has 0 spiro atoms. The molecule has 1 aromatic carbocycles. The van der Waals surface area contributed by atoms with Gasteiger partial charge in [-0.15, -0.1) is 18.5 Å². The second-order valence-corrected chi connectivity index (χ2v) is 3.90. The summed E-state index contributed by atoms with van der Waals surface area (Å²) in [5.74, 6) is 1.68. The molecule has 0 saturated carbocycles. The lowest BCUT2D eigenvalue weighted by atomic mass is 9.97. The Bertz CT molecular complexity index is 329. The Morgan fingerprint density at radius 3 is 2.75 bits per heavy atom. The maximum atomic E-state index is 5.46. The van der Waals surface area contributed by atoms with Gasteiger partial charge in [0.2, 0.25) is 0 Å². The standard InChI is InChI=1S/C7H9BO2P2/c1-8-9-4-2-3-5(11)7(12)6(4)10-8/h2-3H,11-12H2,1H3. The SMILES string of the molecule is CB1Oc2ccc(P)c(P)c2O1. The van der Waals surface area contributed by atoms with E-state index in [0.29, 0.717) is 0 Å². The quantitative estimate of drug-likeness (QED) is 0.448. The van der Waals surface area contributed by atoms with Gasteiger partial charge in [-0.2, -0.15) is 0 Å². The summed E-state index contributed by atoms with van der Waals surface area (Å²) in [5.41, 5.74) is 0. The minimum absolute atomic E-state index is 0.161. The van der Waals surface area contributed by atoms with E-state index >= 15 is 0 Å². The van der Waals surface area contributed by atoms with Crippen molar-refractivity contribution in [3.8, 4) is 11.5 Å². The van der Waals surface area contributed by atoms with Crippen LogP contribution in [0.4, 0.5) is 0 Å². The van der Waals surface area contributed by atoms with Gasteiger partial charge in [0.05, 0.1) is 0 Å². The first kappa shape index (κ1) is 8.35. The van der Waals surface area contributed by atoms with Crippen LogP contribution in [-0.2, 0) is 0 Å². The molecule has 2 rings (SSSR count). The molecule has 12 heavy (non-hydrogen) atoms. The van der Waals surface area contributed by atoms with Crippen LogP contribution in [-0.4, -0.2) is 7.12 Å². The Hall–Kier alpha value is -0.255. The van der Waals surface area contributed by atoms with E-state index in [2.05, 4.69) is 18.5 Å². The van der Waals surface area contributed by atoms with E-state index in [1.165, 1.54) is 0 Å². The van der Waals surface area contributed by atoms with Crippen molar-refractivity contribution in [2.75, 3.05) is 0 Å². The highest BCUT2D eigenvalue weighted by Crippen LogP contribution is 2.32. The first-order valence-corrected chi connectivity index (χ1v) is 4.85. The lowest BCUT2D eigenvalue weighted by Crippen LogP contribution is -2.20. The van der Waals surface area contributed by atoms with Gasteiger partial charge in [0, 0.05) is 5.30 Å². The minimum Gasteiger partial charge on any atom is -0.523 e. The van der Waals surface area contributed by atoms with Gasteiger partial charge in [0.1, 0.15) is 5.75 Å². The molecule has 0 aromatic heterocycles. The molecule has 1 heterocycles. The number of hydrogen-bond acceptors (Lipinski definition) is 2. The van der Waals surface area contributed by atoms with Crippen molar-refractivity contribution in [3.63, 3.8) is 0 Å². The van der Waals surface area contributed by atoms with E-state index < -0.39 is 0 Å². The third-order valence-electron chi connectivity index (χ3n) is 1.77. The average Bonchev–Trinajstić information content (AvgIpc) is 2.39. The summed E-state index contributed by atoms with van der Waals surface area (Å²) < 4.78 is 10.9. The Kier molecular flexibility index (Phi) is 2.02. The molecular formula is C7H9BO2P2. The van der Waals surface area contributed by atoms with Crippen LogP contribution in [0.5, 0.6) is 11.5 Å². The molecule has 62 valence electrons. The molecule has 0 saturated heterocycles. The summed E-state index contributed by atoms with van der Waals surface area (Å²) in [4.78, 5) is 0. The van der Waals surface area contributed by atoms with Crippen molar-refractivity contribution in [2.45, 2.75) is 6.82 Å². The van der Waals surface area contributed by atoms with Crippen LogP contribution in [0.1, 0.15) is 0 Å². The smallest absolute Gasteiger partial charge is 0.523 e. The summed E-state index contributed by atoms with van der Waals surface area (Å²) in [6.07, 6.45) is 0. The van der Waals surface area contributed by atoms with Gasteiger partial charge in [-0.1, -0.05) is 6.07 Å². The monoisotopic (exact) mass is 198 g/mol. The van der Waals surface area contributed by atoms with Crippen molar-refractivity contribution in [1.29, 1.82) is 0 Å². The third-order valence-corrected chi connectivity index (χ3v) is 3.20. The molecule has 2 atom stereocenters. The summed E-state index contributed by atoms with van der Waals surface area (Å²) >= 11 is 0. The lowest BCUT2D eigenvalue weighted by molar-refractivity contribution is 0.511. The molecule has 5 heteroatoms. The molecule has 1 aromatic rings. The predicted octanol–water partition coefficient (Wildman–Crippen LogP) is 0.577. The van der Waals surface area contributed by atoms with E-state index in [-0.39, 0.29) is 7.12 Å². The predicted molar refractivity (Wildman–Crippen MR) is 58.0 cm³/mol. The number of rotatable bonds is 0. The van der Waals surface area contributed by atoms with Crippen molar-refractivity contribution < 1.29 is 9.31 Å². The first-order valence-electron chi connectivity index (χ1n) is 3.70. The van der Waals surface area contributed by atoms with E-state index in [9.17, 15) is 0 Å². The normalized spacial score (nSPS) is 13.8. The summed E-state index contributed by atoms with van der Waals surface area (Å²) in [6.45, 7) is 1.88. The van der Waals surface area contributed by atoms with Gasteiger partial charge in [-0.25, -0.2) is 0 Å². The summed E-state index contributed by atoms with van der Waals surface area (Å²) in [5, 5.41) is 2.18. The van der Waals surface area contributed by atoms with Crippen LogP contribution in [0, 0.1) is 0 Å². The third kappa shape index (κ3) is 1.22. The van der Waals surface area contributed by atoms with Crippen LogP contribution >= 0.6 is 18.5 Å². The maximum Gasteiger partial charge on any atom is 0.591 e. The van der Waals surface area contributed by atoms with E-state index in [4.69, 9.17) is 9.31 Å². The largest absolute Gasteiger partial charge is 0.591 e. The topological polar surface area (TPSA) is 18.5 Å². The highest BCUT2D eigenvalue weighted by Gasteiger charge is 2.27. The van der Waals surface area contributed by atoms with Crippen molar-refractivity contribution in [3.05, 3.63) is 12.1 Å². The summed E-state index contributed by atoms with van der Waals surface area (Å²) in [6, 6.07) is 3.92. The van der Waals surface area contributed by atoms with Crippen molar-refractivity contribution in [2.24, 2.45) is 0 Å². The molecule has 0 bridgehead atoms. The Balaban J connectivity index is 2.54. The number of benzene rings is 1. The highest BCUT2D eigenvalue weighted by molar-refractivity contribution is 7.36. The maximum absolute atomic E-state index is 5.46. The van der Waals surface area contributed by atoms with Crippen LogP contribution in [0.25, 0.3) is 0 Å². The Labute approximate surface area is 76.6 Å². The Morgan fingerprint density at radius 2 is 2.00 bits per heavy atom. The number of hydrogen-bond donors (Lipinski definition) is 0. The summed E-state index contributed by atoms with van der Waals surface area (Å²) in [7, 11) is 5.15. The van der Waals surface area contributed by atoms with Gasteiger partial charge in [-0.3, -0.25) is 0 Å². The van der Waals surface area contributed by atoms with Crippen LogP contribution in [0.15, 0.2) is 12.1 Å². The van der Waals surface area contributed by atoms with Gasteiger partial charge in [-0.05, 0) is 18.2 Å². The van der Waals surface area contributed by atoms with Gasteiger partial charge >= 0.3 is 7.12 Å². The van der Waals surface area contributed by atoms with Crippen molar-refractivity contribution in [1.82, 2.24) is 0 Å². The highest BCUT2D eigenvalue weighted by atomic mass is 31.0.